The van der Waals surface area contributed by atoms with Gasteiger partial charge >= 0.3 is 0 Å². The van der Waals surface area contributed by atoms with Crippen LogP contribution in [0, 0.1) is 5.41 Å². The summed E-state index contributed by atoms with van der Waals surface area (Å²) < 4.78 is 7.57. The van der Waals surface area contributed by atoms with E-state index in [9.17, 15) is 4.79 Å². The van der Waals surface area contributed by atoms with Gasteiger partial charge in [0.1, 0.15) is 5.52 Å². The van der Waals surface area contributed by atoms with E-state index in [0.717, 1.165) is 25.9 Å². The molecule has 0 saturated heterocycles. The molecule has 0 aromatic carbocycles. The van der Waals surface area contributed by atoms with Crippen molar-refractivity contribution >= 4 is 17.1 Å². The lowest BCUT2D eigenvalue weighted by atomic mass is 9.55. The Morgan fingerprint density at radius 2 is 2.20 bits per heavy atom. The molecule has 2 saturated carbocycles. The minimum atomic E-state index is -0.0787. The van der Waals surface area contributed by atoms with Gasteiger partial charge in [0.2, 0.25) is 0 Å². The predicted molar refractivity (Wildman–Crippen MR) is 93.1 cm³/mol. The molecular formula is C18H25N5O2. The molecule has 0 radical (unpaired) electrons. The van der Waals surface area contributed by atoms with Crippen molar-refractivity contribution in [3.63, 3.8) is 0 Å². The lowest BCUT2D eigenvalue weighted by molar-refractivity contribution is -0.146. The highest BCUT2D eigenvalue weighted by Crippen LogP contribution is 2.53. The molecule has 1 amide bonds. The Hall–Kier alpha value is -2.02. The molecule has 2 aromatic rings. The first-order valence-corrected chi connectivity index (χ1v) is 9.22. The molecule has 2 atom stereocenters. The van der Waals surface area contributed by atoms with Crippen LogP contribution >= 0.6 is 0 Å². The van der Waals surface area contributed by atoms with Crippen LogP contribution in [0.3, 0.4) is 0 Å². The van der Waals surface area contributed by atoms with Crippen LogP contribution in [-0.2, 0) is 11.8 Å². The maximum absolute atomic E-state index is 12.7. The third-order valence-electron chi connectivity index (χ3n) is 5.95. The molecule has 25 heavy (non-hydrogen) atoms. The number of ether oxygens (including phenoxy) is 1. The highest BCUT2D eigenvalue weighted by Gasteiger charge is 2.56. The second-order valence-electron chi connectivity index (χ2n) is 7.28. The molecule has 2 fully saturated rings. The topological polar surface area (TPSA) is 81.9 Å². The Morgan fingerprint density at radius 1 is 1.40 bits per heavy atom. The van der Waals surface area contributed by atoms with Crippen molar-refractivity contribution < 1.29 is 9.53 Å². The van der Waals surface area contributed by atoms with Crippen molar-refractivity contribution in [3.05, 3.63) is 17.8 Å². The summed E-state index contributed by atoms with van der Waals surface area (Å²) in [7, 11) is 1.79. The first-order valence-electron chi connectivity index (χ1n) is 9.22. The van der Waals surface area contributed by atoms with Gasteiger partial charge in [-0.2, -0.15) is 0 Å². The molecule has 7 nitrogen and oxygen atoms in total. The van der Waals surface area contributed by atoms with E-state index in [0.29, 0.717) is 16.7 Å². The van der Waals surface area contributed by atoms with Crippen LogP contribution in [-0.4, -0.2) is 44.6 Å². The van der Waals surface area contributed by atoms with E-state index in [1.54, 1.807) is 24.0 Å². The van der Waals surface area contributed by atoms with Crippen molar-refractivity contribution in [1.82, 2.24) is 25.3 Å². The van der Waals surface area contributed by atoms with Gasteiger partial charge in [0.25, 0.3) is 5.91 Å². The van der Waals surface area contributed by atoms with Gasteiger partial charge in [-0.05, 0) is 32.3 Å². The van der Waals surface area contributed by atoms with Gasteiger partial charge in [0.15, 0.2) is 5.65 Å². The fourth-order valence-corrected chi connectivity index (χ4v) is 4.56. The lowest BCUT2D eigenvalue weighted by Crippen LogP contribution is -2.65. The van der Waals surface area contributed by atoms with E-state index in [1.165, 1.54) is 19.3 Å². The van der Waals surface area contributed by atoms with E-state index in [2.05, 4.69) is 20.6 Å². The van der Waals surface area contributed by atoms with Crippen molar-refractivity contribution in [2.75, 3.05) is 6.61 Å². The number of hydrogen-bond acceptors (Lipinski definition) is 5. The van der Waals surface area contributed by atoms with Crippen molar-refractivity contribution in [2.24, 2.45) is 12.5 Å². The molecule has 2 heterocycles. The summed E-state index contributed by atoms with van der Waals surface area (Å²) in [5.41, 5.74) is 1.98. The van der Waals surface area contributed by atoms with Crippen LogP contribution in [0.15, 0.2) is 12.3 Å². The van der Waals surface area contributed by atoms with E-state index >= 15 is 0 Å². The second kappa shape index (κ2) is 6.37. The summed E-state index contributed by atoms with van der Waals surface area (Å²) >= 11 is 0. The summed E-state index contributed by atoms with van der Waals surface area (Å²) in [6.07, 6.45) is 8.81. The van der Waals surface area contributed by atoms with Gasteiger partial charge in [-0.1, -0.05) is 24.5 Å². The molecule has 2 aliphatic rings. The number of nitrogens with zero attached hydrogens (tertiary/aromatic N) is 4. The monoisotopic (exact) mass is 343 g/mol. The summed E-state index contributed by atoms with van der Waals surface area (Å²) in [5, 5.41) is 11.2. The third kappa shape index (κ3) is 2.70. The highest BCUT2D eigenvalue weighted by molar-refractivity contribution is 5.96. The molecular weight excluding hydrogens is 318 g/mol. The molecule has 2 aliphatic carbocycles. The zero-order valence-corrected chi connectivity index (χ0v) is 14.9. The van der Waals surface area contributed by atoms with Crippen molar-refractivity contribution in [3.8, 4) is 0 Å². The zero-order valence-electron chi connectivity index (χ0n) is 14.9. The highest BCUT2D eigenvalue weighted by atomic mass is 16.5. The molecule has 0 aliphatic heterocycles. The molecule has 2 aromatic heterocycles. The average Bonchev–Trinajstić information content (AvgIpc) is 3.02. The van der Waals surface area contributed by atoms with E-state index in [4.69, 9.17) is 4.74 Å². The predicted octanol–water partition coefficient (Wildman–Crippen LogP) is 2.22. The number of rotatable bonds is 4. The van der Waals surface area contributed by atoms with Gasteiger partial charge in [-0.15, -0.1) is 5.10 Å². The maximum atomic E-state index is 12.7. The van der Waals surface area contributed by atoms with Crippen LogP contribution in [0.2, 0.25) is 0 Å². The van der Waals surface area contributed by atoms with Gasteiger partial charge < -0.3 is 10.1 Å². The number of aryl methyl sites for hydroxylation is 1. The van der Waals surface area contributed by atoms with Crippen LogP contribution < -0.4 is 5.32 Å². The molecule has 0 bridgehead atoms. The van der Waals surface area contributed by atoms with Crippen LogP contribution in [0.5, 0.6) is 0 Å². The van der Waals surface area contributed by atoms with Crippen LogP contribution in [0.1, 0.15) is 55.8 Å². The number of hydrogen-bond donors (Lipinski definition) is 1. The van der Waals surface area contributed by atoms with Gasteiger partial charge in [-0.25, -0.2) is 9.67 Å². The molecule has 134 valence electrons. The van der Waals surface area contributed by atoms with Gasteiger partial charge in [-0.3, -0.25) is 4.79 Å². The summed E-state index contributed by atoms with van der Waals surface area (Å²) in [6, 6.07) is 1.95. The fourth-order valence-electron chi connectivity index (χ4n) is 4.56. The van der Waals surface area contributed by atoms with Crippen molar-refractivity contribution in [2.45, 2.75) is 57.6 Å². The molecule has 7 heteroatoms. The molecule has 1 spiro atoms. The van der Waals surface area contributed by atoms with Crippen LogP contribution in [0.25, 0.3) is 11.2 Å². The van der Waals surface area contributed by atoms with Crippen LogP contribution in [0.4, 0.5) is 0 Å². The molecule has 4 rings (SSSR count). The van der Waals surface area contributed by atoms with E-state index in [-0.39, 0.29) is 23.5 Å². The van der Waals surface area contributed by atoms with E-state index < -0.39 is 0 Å². The van der Waals surface area contributed by atoms with Crippen molar-refractivity contribution in [1.29, 1.82) is 0 Å². The quantitative estimate of drug-likeness (QED) is 0.920. The summed E-state index contributed by atoms with van der Waals surface area (Å²) in [5.74, 6) is -0.0787. The number of amides is 1. The SMILES string of the molecule is CCO[C@H]1C[C@@H](NC(=O)c2cnc3c(c2)nnn3C)C12CCCCC2. The standard InChI is InChI=1S/C18H25N5O2/c1-3-25-15-10-14(18(15)7-5-4-6-8-18)20-17(24)12-9-13-16(19-11-12)23(2)22-21-13/h9,11,14-15H,3-8,10H2,1-2H3,(H,20,24)/t14-,15+/m1/s1. The smallest absolute Gasteiger partial charge is 0.253 e. The first kappa shape index (κ1) is 16.4. The molecule has 0 unspecified atom stereocenters. The summed E-state index contributed by atoms with van der Waals surface area (Å²) in [4.78, 5) is 17.1. The minimum Gasteiger partial charge on any atom is -0.378 e. The minimum absolute atomic E-state index is 0.0787. The first-order chi connectivity index (χ1) is 12.1. The number of nitrogens with one attached hydrogen (secondary N) is 1. The number of pyridine rings is 1. The Balaban J connectivity index is 1.51. The normalized spacial score (nSPS) is 25.0. The lowest BCUT2D eigenvalue weighted by Gasteiger charge is -2.57. The van der Waals surface area contributed by atoms with Gasteiger partial charge in [0, 0.05) is 31.3 Å². The van der Waals surface area contributed by atoms with E-state index in [1.807, 2.05) is 6.92 Å². The number of carbonyl (C=O) groups excluding carboxylic acids is 1. The largest absolute Gasteiger partial charge is 0.378 e. The summed E-state index contributed by atoms with van der Waals surface area (Å²) in [6.45, 7) is 2.78. The Morgan fingerprint density at radius 3 is 2.96 bits per heavy atom. The third-order valence-corrected chi connectivity index (χ3v) is 5.95. The molecule has 1 N–H and O–H groups in total. The Bertz CT molecular complexity index is 781. The maximum Gasteiger partial charge on any atom is 0.253 e. The second-order valence-corrected chi connectivity index (χ2v) is 7.28. The van der Waals surface area contributed by atoms with Gasteiger partial charge in [0.05, 0.1) is 11.7 Å². The number of fused-ring (bicyclic) bond motifs is 1. The Labute approximate surface area is 147 Å². The average molecular weight is 343 g/mol. The fraction of sp³-hybridized carbons (Fsp3) is 0.667. The number of carbonyl (C=O) groups is 1. The number of aromatic nitrogens is 4. The zero-order chi connectivity index (χ0) is 17.4. The Kier molecular flexibility index (Phi) is 4.19.